The Hall–Kier alpha value is -2.20. The molecule has 1 N–H and O–H groups in total. The molecule has 1 saturated heterocycles. The molecule has 2 aromatic rings. The van der Waals surface area contributed by atoms with E-state index in [0.717, 1.165) is 25.2 Å². The SMILES string of the molecule is CC(C)C1CN(Cc2ccccc2)CC1C(=O)NCc1ccncc1. The Balaban J connectivity index is 1.61. The molecule has 1 aromatic carbocycles. The summed E-state index contributed by atoms with van der Waals surface area (Å²) in [6.45, 7) is 7.75. The van der Waals surface area contributed by atoms with E-state index in [2.05, 4.69) is 53.3 Å². The Morgan fingerprint density at radius 2 is 1.84 bits per heavy atom. The second-order valence-electron chi connectivity index (χ2n) is 7.27. The molecule has 0 bridgehead atoms. The van der Waals surface area contributed by atoms with Gasteiger partial charge in [0.25, 0.3) is 0 Å². The van der Waals surface area contributed by atoms with Crippen molar-refractivity contribution in [2.45, 2.75) is 26.9 Å². The number of rotatable bonds is 6. The van der Waals surface area contributed by atoms with Crippen molar-refractivity contribution in [2.75, 3.05) is 13.1 Å². The Morgan fingerprint density at radius 1 is 1.12 bits per heavy atom. The topological polar surface area (TPSA) is 45.2 Å². The number of benzene rings is 1. The van der Waals surface area contributed by atoms with Gasteiger partial charge in [-0.15, -0.1) is 0 Å². The molecule has 0 saturated carbocycles. The van der Waals surface area contributed by atoms with Gasteiger partial charge in [0.15, 0.2) is 0 Å². The van der Waals surface area contributed by atoms with Gasteiger partial charge in [-0.1, -0.05) is 44.2 Å². The molecule has 4 heteroatoms. The smallest absolute Gasteiger partial charge is 0.225 e. The molecule has 2 atom stereocenters. The van der Waals surface area contributed by atoms with Gasteiger partial charge in [-0.25, -0.2) is 0 Å². The highest BCUT2D eigenvalue weighted by atomic mass is 16.1. The first-order valence-electron chi connectivity index (χ1n) is 9.06. The minimum Gasteiger partial charge on any atom is -0.352 e. The summed E-state index contributed by atoms with van der Waals surface area (Å²) in [6, 6.07) is 14.4. The monoisotopic (exact) mass is 337 g/mol. The number of hydrogen-bond donors (Lipinski definition) is 1. The zero-order valence-electron chi connectivity index (χ0n) is 15.1. The molecule has 0 spiro atoms. The average Bonchev–Trinajstić information content (AvgIpc) is 3.06. The minimum absolute atomic E-state index is 0.0607. The average molecular weight is 337 g/mol. The fraction of sp³-hybridized carbons (Fsp3) is 0.429. The van der Waals surface area contributed by atoms with Crippen molar-refractivity contribution in [3.63, 3.8) is 0 Å². The van der Waals surface area contributed by atoms with Gasteiger partial charge in [0.2, 0.25) is 5.91 Å². The molecular weight excluding hydrogens is 310 g/mol. The molecule has 2 unspecified atom stereocenters. The number of pyridine rings is 1. The number of nitrogens with one attached hydrogen (secondary N) is 1. The summed E-state index contributed by atoms with van der Waals surface area (Å²) in [4.78, 5) is 19.2. The van der Waals surface area contributed by atoms with Crippen LogP contribution in [0.2, 0.25) is 0 Å². The zero-order chi connectivity index (χ0) is 17.6. The van der Waals surface area contributed by atoms with Crippen LogP contribution < -0.4 is 5.32 Å². The van der Waals surface area contributed by atoms with Crippen molar-refractivity contribution in [1.82, 2.24) is 15.2 Å². The number of hydrogen-bond acceptors (Lipinski definition) is 3. The van der Waals surface area contributed by atoms with Gasteiger partial charge in [0, 0.05) is 38.6 Å². The predicted molar refractivity (Wildman–Crippen MR) is 99.6 cm³/mol. The summed E-state index contributed by atoms with van der Waals surface area (Å²) in [5.74, 6) is 1.13. The summed E-state index contributed by atoms with van der Waals surface area (Å²) in [7, 11) is 0. The van der Waals surface area contributed by atoms with Crippen LogP contribution in [0.3, 0.4) is 0 Å². The molecule has 1 fully saturated rings. The highest BCUT2D eigenvalue weighted by Gasteiger charge is 2.38. The van der Waals surface area contributed by atoms with Crippen LogP contribution in [0, 0.1) is 17.8 Å². The summed E-state index contributed by atoms with van der Waals surface area (Å²) in [6.07, 6.45) is 3.52. The Labute approximate surface area is 150 Å². The lowest BCUT2D eigenvalue weighted by Gasteiger charge is -2.21. The van der Waals surface area contributed by atoms with Crippen LogP contribution in [-0.4, -0.2) is 28.9 Å². The zero-order valence-corrected chi connectivity index (χ0v) is 15.1. The van der Waals surface area contributed by atoms with Crippen LogP contribution in [0.4, 0.5) is 0 Å². The van der Waals surface area contributed by atoms with Crippen LogP contribution in [0.5, 0.6) is 0 Å². The lowest BCUT2D eigenvalue weighted by Crippen LogP contribution is -2.36. The van der Waals surface area contributed by atoms with Crippen molar-refractivity contribution in [1.29, 1.82) is 0 Å². The fourth-order valence-corrected chi connectivity index (χ4v) is 3.66. The number of nitrogens with zero attached hydrogens (tertiary/aromatic N) is 2. The van der Waals surface area contributed by atoms with Crippen molar-refractivity contribution < 1.29 is 4.79 Å². The molecule has 3 rings (SSSR count). The quantitative estimate of drug-likeness (QED) is 0.881. The maximum absolute atomic E-state index is 12.8. The standard InChI is InChI=1S/C21H27N3O/c1-16(2)19-14-24(13-18-6-4-3-5-7-18)15-20(19)21(25)23-12-17-8-10-22-11-9-17/h3-11,16,19-20H,12-15H2,1-2H3,(H,23,25). The van der Waals surface area contributed by atoms with Gasteiger partial charge < -0.3 is 5.32 Å². The summed E-state index contributed by atoms with van der Waals surface area (Å²) >= 11 is 0. The largest absolute Gasteiger partial charge is 0.352 e. The molecule has 132 valence electrons. The van der Waals surface area contributed by atoms with E-state index in [1.807, 2.05) is 18.2 Å². The maximum atomic E-state index is 12.8. The predicted octanol–water partition coefficient (Wildman–Crippen LogP) is 3.10. The minimum atomic E-state index is 0.0607. The van der Waals surface area contributed by atoms with Gasteiger partial charge in [0.1, 0.15) is 0 Å². The van der Waals surface area contributed by atoms with Crippen LogP contribution in [0.1, 0.15) is 25.0 Å². The molecule has 25 heavy (non-hydrogen) atoms. The van der Waals surface area contributed by atoms with Crippen LogP contribution in [0.25, 0.3) is 0 Å². The number of likely N-dealkylation sites (tertiary alicyclic amines) is 1. The molecule has 1 amide bonds. The summed E-state index contributed by atoms with van der Waals surface area (Å²) < 4.78 is 0. The third-order valence-electron chi connectivity index (χ3n) is 5.10. The van der Waals surface area contributed by atoms with E-state index in [4.69, 9.17) is 0 Å². The van der Waals surface area contributed by atoms with E-state index in [0.29, 0.717) is 18.4 Å². The van der Waals surface area contributed by atoms with Crippen molar-refractivity contribution in [3.05, 3.63) is 66.0 Å². The van der Waals surface area contributed by atoms with Gasteiger partial charge in [-0.05, 0) is 35.1 Å². The first-order chi connectivity index (χ1) is 12.1. The van der Waals surface area contributed by atoms with Crippen molar-refractivity contribution in [2.24, 2.45) is 17.8 Å². The van der Waals surface area contributed by atoms with Crippen molar-refractivity contribution in [3.8, 4) is 0 Å². The van der Waals surface area contributed by atoms with Gasteiger partial charge >= 0.3 is 0 Å². The Bertz CT molecular complexity index is 672. The van der Waals surface area contributed by atoms with E-state index >= 15 is 0 Å². The third-order valence-corrected chi connectivity index (χ3v) is 5.10. The van der Waals surface area contributed by atoms with E-state index in [1.54, 1.807) is 12.4 Å². The van der Waals surface area contributed by atoms with E-state index in [9.17, 15) is 4.79 Å². The molecule has 0 radical (unpaired) electrons. The first kappa shape index (κ1) is 17.6. The van der Waals surface area contributed by atoms with Gasteiger partial charge in [-0.2, -0.15) is 0 Å². The number of amides is 1. The molecular formula is C21H27N3O. The number of carbonyl (C=O) groups excluding carboxylic acids is 1. The number of aromatic nitrogens is 1. The van der Waals surface area contributed by atoms with E-state index in [1.165, 1.54) is 5.56 Å². The summed E-state index contributed by atoms with van der Waals surface area (Å²) in [5, 5.41) is 3.12. The van der Waals surface area contributed by atoms with Crippen LogP contribution in [0.15, 0.2) is 54.9 Å². The lowest BCUT2D eigenvalue weighted by molar-refractivity contribution is -0.126. The lowest BCUT2D eigenvalue weighted by atomic mass is 9.85. The number of carbonyl (C=O) groups is 1. The third kappa shape index (κ3) is 4.67. The van der Waals surface area contributed by atoms with E-state index in [-0.39, 0.29) is 11.8 Å². The van der Waals surface area contributed by atoms with Gasteiger partial charge in [0.05, 0.1) is 5.92 Å². The van der Waals surface area contributed by atoms with Gasteiger partial charge in [-0.3, -0.25) is 14.7 Å². The Morgan fingerprint density at radius 3 is 2.52 bits per heavy atom. The van der Waals surface area contributed by atoms with Crippen LogP contribution in [-0.2, 0) is 17.9 Å². The summed E-state index contributed by atoms with van der Waals surface area (Å²) in [5.41, 5.74) is 2.39. The molecule has 1 aliphatic heterocycles. The second kappa shape index (κ2) is 8.26. The Kier molecular flexibility index (Phi) is 5.82. The molecule has 1 aliphatic rings. The highest BCUT2D eigenvalue weighted by molar-refractivity contribution is 5.79. The maximum Gasteiger partial charge on any atom is 0.225 e. The highest BCUT2D eigenvalue weighted by Crippen LogP contribution is 2.31. The molecule has 2 heterocycles. The molecule has 0 aliphatic carbocycles. The van der Waals surface area contributed by atoms with Crippen molar-refractivity contribution >= 4 is 5.91 Å². The molecule has 4 nitrogen and oxygen atoms in total. The fourth-order valence-electron chi connectivity index (χ4n) is 3.66. The van der Waals surface area contributed by atoms with E-state index < -0.39 is 0 Å². The normalized spacial score (nSPS) is 20.8. The first-order valence-corrected chi connectivity index (χ1v) is 9.06. The molecule has 1 aromatic heterocycles. The second-order valence-corrected chi connectivity index (χ2v) is 7.27. The van der Waals surface area contributed by atoms with Crippen LogP contribution >= 0.6 is 0 Å².